The van der Waals surface area contributed by atoms with Gasteiger partial charge >= 0.3 is 0 Å². The molecule has 0 bridgehead atoms. The van der Waals surface area contributed by atoms with Crippen molar-refractivity contribution in [1.82, 2.24) is 10.3 Å². The first kappa shape index (κ1) is 13.3. The molecule has 19 heavy (non-hydrogen) atoms. The van der Waals surface area contributed by atoms with Gasteiger partial charge in [0.1, 0.15) is 12.3 Å². The molecule has 1 N–H and O–H groups in total. The summed E-state index contributed by atoms with van der Waals surface area (Å²) in [6, 6.07) is 10.2. The quantitative estimate of drug-likeness (QED) is 0.866. The predicted octanol–water partition coefficient (Wildman–Crippen LogP) is 2.87. The van der Waals surface area contributed by atoms with Crippen molar-refractivity contribution in [2.24, 2.45) is 0 Å². The summed E-state index contributed by atoms with van der Waals surface area (Å²) in [6.45, 7) is 1.51. The standard InChI is InChI=1S/C15H18N2O2/c1-12(18)17-14(15-16-10-11-19-15)9-5-8-13-6-3-2-4-7-13/h2-4,6-7,10-11,14H,5,8-9H2,1H3,(H,17,18). The molecule has 2 aromatic rings. The Bertz CT molecular complexity index is 494. The van der Waals surface area contributed by atoms with Crippen molar-refractivity contribution in [2.75, 3.05) is 0 Å². The zero-order valence-electron chi connectivity index (χ0n) is 11.0. The van der Waals surface area contributed by atoms with Gasteiger partial charge in [0, 0.05) is 6.92 Å². The number of nitrogens with one attached hydrogen (secondary N) is 1. The molecule has 2 rings (SSSR count). The molecule has 4 heteroatoms. The molecule has 1 heterocycles. The van der Waals surface area contributed by atoms with Gasteiger partial charge in [0.2, 0.25) is 11.8 Å². The molecule has 1 aromatic heterocycles. The van der Waals surface area contributed by atoms with Gasteiger partial charge in [-0.1, -0.05) is 30.3 Å². The Hall–Kier alpha value is -2.10. The van der Waals surface area contributed by atoms with Crippen LogP contribution in [0.1, 0.15) is 37.3 Å². The van der Waals surface area contributed by atoms with E-state index in [1.807, 2.05) is 18.2 Å². The van der Waals surface area contributed by atoms with E-state index in [1.165, 1.54) is 18.8 Å². The van der Waals surface area contributed by atoms with Crippen LogP contribution in [0, 0.1) is 0 Å². The van der Waals surface area contributed by atoms with Gasteiger partial charge < -0.3 is 9.73 Å². The van der Waals surface area contributed by atoms with E-state index in [0.29, 0.717) is 5.89 Å². The van der Waals surface area contributed by atoms with Gasteiger partial charge in [0.25, 0.3) is 0 Å². The molecule has 0 saturated heterocycles. The third-order valence-electron chi connectivity index (χ3n) is 2.93. The number of hydrogen-bond acceptors (Lipinski definition) is 3. The Morgan fingerprint density at radius 1 is 1.37 bits per heavy atom. The Balaban J connectivity index is 1.88. The number of aryl methyl sites for hydroxylation is 1. The van der Waals surface area contributed by atoms with Crippen molar-refractivity contribution in [3.8, 4) is 0 Å². The Morgan fingerprint density at radius 3 is 2.79 bits per heavy atom. The van der Waals surface area contributed by atoms with Gasteiger partial charge in [-0.2, -0.15) is 0 Å². The van der Waals surface area contributed by atoms with Crippen molar-refractivity contribution in [2.45, 2.75) is 32.2 Å². The second-order valence-electron chi connectivity index (χ2n) is 4.50. The van der Waals surface area contributed by atoms with Crippen LogP contribution in [0.5, 0.6) is 0 Å². The molecule has 0 aliphatic carbocycles. The number of benzene rings is 1. The first-order chi connectivity index (χ1) is 9.25. The number of hydrogen-bond donors (Lipinski definition) is 1. The van der Waals surface area contributed by atoms with E-state index in [9.17, 15) is 4.79 Å². The molecule has 4 nitrogen and oxygen atoms in total. The van der Waals surface area contributed by atoms with E-state index in [-0.39, 0.29) is 11.9 Å². The number of oxazole rings is 1. The molecule has 0 aliphatic rings. The van der Waals surface area contributed by atoms with Crippen LogP contribution in [0.3, 0.4) is 0 Å². The summed E-state index contributed by atoms with van der Waals surface area (Å²) in [5.74, 6) is 0.506. The van der Waals surface area contributed by atoms with Crippen LogP contribution in [-0.2, 0) is 11.2 Å². The van der Waals surface area contributed by atoms with E-state index in [0.717, 1.165) is 19.3 Å². The molecule has 1 aromatic carbocycles. The Morgan fingerprint density at radius 2 is 2.16 bits per heavy atom. The Labute approximate surface area is 112 Å². The second kappa shape index (κ2) is 6.73. The molecule has 0 radical (unpaired) electrons. The fourth-order valence-electron chi connectivity index (χ4n) is 2.06. The maximum absolute atomic E-state index is 11.2. The van der Waals surface area contributed by atoms with Gasteiger partial charge in [-0.25, -0.2) is 4.98 Å². The molecule has 0 spiro atoms. The summed E-state index contributed by atoms with van der Waals surface area (Å²) in [4.78, 5) is 15.3. The largest absolute Gasteiger partial charge is 0.447 e. The smallest absolute Gasteiger partial charge is 0.217 e. The monoisotopic (exact) mass is 258 g/mol. The van der Waals surface area contributed by atoms with Gasteiger partial charge in [-0.05, 0) is 24.8 Å². The maximum Gasteiger partial charge on any atom is 0.217 e. The number of aromatic nitrogens is 1. The zero-order chi connectivity index (χ0) is 13.5. The fourth-order valence-corrected chi connectivity index (χ4v) is 2.06. The molecule has 0 fully saturated rings. The maximum atomic E-state index is 11.2. The molecule has 0 saturated carbocycles. The first-order valence-electron chi connectivity index (χ1n) is 6.46. The summed E-state index contributed by atoms with van der Waals surface area (Å²) in [7, 11) is 0. The molecular weight excluding hydrogens is 240 g/mol. The lowest BCUT2D eigenvalue weighted by atomic mass is 10.0. The summed E-state index contributed by atoms with van der Waals surface area (Å²) in [5.41, 5.74) is 1.30. The lowest BCUT2D eigenvalue weighted by Gasteiger charge is -2.14. The number of nitrogens with zero attached hydrogens (tertiary/aromatic N) is 1. The minimum absolute atomic E-state index is 0.0667. The highest BCUT2D eigenvalue weighted by Gasteiger charge is 2.16. The summed E-state index contributed by atoms with van der Waals surface area (Å²) >= 11 is 0. The van der Waals surface area contributed by atoms with E-state index in [2.05, 4.69) is 22.4 Å². The highest BCUT2D eigenvalue weighted by molar-refractivity contribution is 5.73. The summed E-state index contributed by atoms with van der Waals surface area (Å²) in [6.07, 6.45) is 5.90. The number of carbonyl (C=O) groups excluding carboxylic acids is 1. The second-order valence-corrected chi connectivity index (χ2v) is 4.50. The van der Waals surface area contributed by atoms with Crippen molar-refractivity contribution >= 4 is 5.91 Å². The molecule has 100 valence electrons. The van der Waals surface area contributed by atoms with Crippen LogP contribution >= 0.6 is 0 Å². The SMILES string of the molecule is CC(=O)NC(CCCc1ccccc1)c1ncco1. The van der Waals surface area contributed by atoms with E-state index >= 15 is 0 Å². The fraction of sp³-hybridized carbons (Fsp3) is 0.333. The average Bonchev–Trinajstić information content (AvgIpc) is 2.92. The Kier molecular flexibility index (Phi) is 4.72. The average molecular weight is 258 g/mol. The van der Waals surface area contributed by atoms with Crippen LogP contribution in [0.2, 0.25) is 0 Å². The van der Waals surface area contributed by atoms with Crippen molar-refractivity contribution in [1.29, 1.82) is 0 Å². The zero-order valence-corrected chi connectivity index (χ0v) is 11.0. The lowest BCUT2D eigenvalue weighted by molar-refractivity contribution is -0.119. The van der Waals surface area contributed by atoms with Crippen LogP contribution in [0.4, 0.5) is 0 Å². The molecule has 1 amide bonds. The van der Waals surface area contributed by atoms with Gasteiger partial charge in [0.05, 0.1) is 6.20 Å². The number of rotatable bonds is 6. The summed E-state index contributed by atoms with van der Waals surface area (Å²) < 4.78 is 5.27. The first-order valence-corrected chi connectivity index (χ1v) is 6.46. The van der Waals surface area contributed by atoms with Gasteiger partial charge in [-0.3, -0.25) is 4.79 Å². The van der Waals surface area contributed by atoms with E-state index in [1.54, 1.807) is 6.20 Å². The third kappa shape index (κ3) is 4.25. The van der Waals surface area contributed by atoms with Crippen LogP contribution in [-0.4, -0.2) is 10.9 Å². The van der Waals surface area contributed by atoms with Crippen LogP contribution in [0.25, 0.3) is 0 Å². The van der Waals surface area contributed by atoms with E-state index in [4.69, 9.17) is 4.42 Å². The molecule has 0 aliphatic heterocycles. The van der Waals surface area contributed by atoms with Crippen molar-refractivity contribution < 1.29 is 9.21 Å². The molecule has 1 unspecified atom stereocenters. The topological polar surface area (TPSA) is 55.1 Å². The van der Waals surface area contributed by atoms with Gasteiger partial charge in [-0.15, -0.1) is 0 Å². The number of amides is 1. The molecular formula is C15H18N2O2. The van der Waals surface area contributed by atoms with Crippen LogP contribution < -0.4 is 5.32 Å². The molecule has 1 atom stereocenters. The minimum atomic E-state index is -0.142. The number of carbonyl (C=O) groups is 1. The van der Waals surface area contributed by atoms with Crippen LogP contribution in [0.15, 0.2) is 47.2 Å². The highest BCUT2D eigenvalue weighted by Crippen LogP contribution is 2.18. The summed E-state index contributed by atoms with van der Waals surface area (Å²) in [5, 5.41) is 2.87. The van der Waals surface area contributed by atoms with Crippen molar-refractivity contribution in [3.63, 3.8) is 0 Å². The highest BCUT2D eigenvalue weighted by atomic mass is 16.3. The predicted molar refractivity (Wildman–Crippen MR) is 72.4 cm³/mol. The van der Waals surface area contributed by atoms with E-state index < -0.39 is 0 Å². The normalized spacial score (nSPS) is 12.1. The van der Waals surface area contributed by atoms with Gasteiger partial charge in [0.15, 0.2) is 0 Å². The lowest BCUT2D eigenvalue weighted by Crippen LogP contribution is -2.26. The van der Waals surface area contributed by atoms with Crippen molar-refractivity contribution in [3.05, 3.63) is 54.2 Å². The minimum Gasteiger partial charge on any atom is -0.447 e. The third-order valence-corrected chi connectivity index (χ3v) is 2.93.